The Bertz CT molecular complexity index is 440. The molecule has 7 heteroatoms. The van der Waals surface area contributed by atoms with Gasteiger partial charge in [0.1, 0.15) is 5.82 Å². The highest BCUT2D eigenvalue weighted by atomic mass is 32.2. The molecule has 1 atom stereocenters. The third kappa shape index (κ3) is 4.58. The fourth-order valence-electron chi connectivity index (χ4n) is 1.31. The summed E-state index contributed by atoms with van der Waals surface area (Å²) in [7, 11) is -0.912. The highest BCUT2D eigenvalue weighted by Crippen LogP contribution is 2.19. The van der Waals surface area contributed by atoms with Crippen LogP contribution in [-0.4, -0.2) is 27.7 Å². The average molecular weight is 260 g/mol. The Morgan fingerprint density at radius 3 is 2.82 bits per heavy atom. The van der Waals surface area contributed by atoms with Crippen molar-refractivity contribution in [2.24, 2.45) is 0 Å². The Labute approximate surface area is 101 Å². The third-order valence-electron chi connectivity index (χ3n) is 2.12. The molecule has 0 aliphatic heterocycles. The average Bonchev–Trinajstić information content (AvgIpc) is 2.23. The lowest BCUT2D eigenvalue weighted by Crippen LogP contribution is -2.20. The Morgan fingerprint density at radius 1 is 1.53 bits per heavy atom. The summed E-state index contributed by atoms with van der Waals surface area (Å²) in [4.78, 5) is 10.1. The molecule has 0 aliphatic carbocycles. The van der Waals surface area contributed by atoms with Crippen molar-refractivity contribution in [1.82, 2.24) is 5.32 Å². The van der Waals surface area contributed by atoms with Crippen LogP contribution in [0.25, 0.3) is 0 Å². The molecule has 1 unspecified atom stereocenters. The quantitative estimate of drug-likeness (QED) is 0.474. The number of nitrogens with zero attached hydrogens (tertiary/aromatic N) is 1. The zero-order valence-corrected chi connectivity index (χ0v) is 10.1. The molecule has 0 aliphatic rings. The minimum Gasteiger partial charge on any atom is -0.311 e. The number of hydrogen-bond donors (Lipinski definition) is 1. The van der Waals surface area contributed by atoms with Gasteiger partial charge in [-0.1, -0.05) is 0 Å². The highest BCUT2D eigenvalue weighted by Gasteiger charge is 2.13. The van der Waals surface area contributed by atoms with E-state index in [1.165, 1.54) is 0 Å². The van der Waals surface area contributed by atoms with Gasteiger partial charge in [-0.2, -0.15) is 0 Å². The van der Waals surface area contributed by atoms with E-state index in [0.717, 1.165) is 18.2 Å². The fraction of sp³-hybridized carbons (Fsp3) is 0.400. The summed E-state index contributed by atoms with van der Waals surface area (Å²) in [6.07, 6.45) is 1.58. The van der Waals surface area contributed by atoms with Crippen molar-refractivity contribution in [3.63, 3.8) is 0 Å². The second kappa shape index (κ2) is 6.41. The molecule has 0 amide bonds. The standard InChI is InChI=1S/C10H13FN2O3S/c1-17(16)5-4-12-7-8-6-9(11)2-3-10(8)13(14)15/h2-3,6,12H,4-5,7H2,1H3. The number of rotatable bonds is 6. The Kier molecular flexibility index (Phi) is 5.17. The van der Waals surface area contributed by atoms with Crippen LogP contribution in [0.3, 0.4) is 0 Å². The molecule has 0 spiro atoms. The molecule has 1 aromatic rings. The van der Waals surface area contributed by atoms with Gasteiger partial charge in [-0.25, -0.2) is 4.39 Å². The van der Waals surface area contributed by atoms with Gasteiger partial charge in [-0.15, -0.1) is 0 Å². The predicted molar refractivity (Wildman–Crippen MR) is 63.7 cm³/mol. The molecule has 1 aromatic carbocycles. The Morgan fingerprint density at radius 2 is 2.24 bits per heavy atom. The summed E-state index contributed by atoms with van der Waals surface area (Å²) in [6, 6.07) is 3.33. The first-order valence-corrected chi connectivity index (χ1v) is 6.67. The maximum absolute atomic E-state index is 12.9. The van der Waals surface area contributed by atoms with Gasteiger partial charge in [-0.3, -0.25) is 14.3 Å². The summed E-state index contributed by atoms with van der Waals surface area (Å²) < 4.78 is 23.7. The lowest BCUT2D eigenvalue weighted by Gasteiger charge is -2.05. The molecule has 17 heavy (non-hydrogen) atoms. The Hall–Kier alpha value is -1.34. The highest BCUT2D eigenvalue weighted by molar-refractivity contribution is 7.84. The van der Waals surface area contributed by atoms with Crippen molar-refractivity contribution >= 4 is 16.5 Å². The maximum atomic E-state index is 12.9. The van der Waals surface area contributed by atoms with E-state index in [0.29, 0.717) is 12.3 Å². The SMILES string of the molecule is CS(=O)CCNCc1cc(F)ccc1[N+](=O)[O-]. The molecule has 0 aromatic heterocycles. The van der Waals surface area contributed by atoms with Crippen LogP contribution in [0.15, 0.2) is 18.2 Å². The molecule has 0 bridgehead atoms. The minimum absolute atomic E-state index is 0.114. The first kappa shape index (κ1) is 13.7. The lowest BCUT2D eigenvalue weighted by molar-refractivity contribution is -0.385. The van der Waals surface area contributed by atoms with Gasteiger partial charge in [0.05, 0.1) is 4.92 Å². The van der Waals surface area contributed by atoms with Crippen LogP contribution in [-0.2, 0) is 17.3 Å². The second-order valence-electron chi connectivity index (χ2n) is 3.48. The van der Waals surface area contributed by atoms with E-state index in [1.54, 1.807) is 6.26 Å². The number of nitro groups is 1. The van der Waals surface area contributed by atoms with Crippen LogP contribution in [0.5, 0.6) is 0 Å². The van der Waals surface area contributed by atoms with Crippen molar-refractivity contribution < 1.29 is 13.5 Å². The number of halogens is 1. The van der Waals surface area contributed by atoms with E-state index in [-0.39, 0.29) is 17.8 Å². The van der Waals surface area contributed by atoms with Crippen molar-refractivity contribution in [1.29, 1.82) is 0 Å². The zero-order valence-electron chi connectivity index (χ0n) is 9.31. The monoisotopic (exact) mass is 260 g/mol. The van der Waals surface area contributed by atoms with E-state index < -0.39 is 21.5 Å². The maximum Gasteiger partial charge on any atom is 0.274 e. The largest absolute Gasteiger partial charge is 0.311 e. The van der Waals surface area contributed by atoms with E-state index in [2.05, 4.69) is 5.32 Å². The summed E-state index contributed by atoms with van der Waals surface area (Å²) in [5, 5.41) is 13.6. The summed E-state index contributed by atoms with van der Waals surface area (Å²) in [5.41, 5.74) is 0.174. The van der Waals surface area contributed by atoms with E-state index in [4.69, 9.17) is 0 Å². The summed E-state index contributed by atoms with van der Waals surface area (Å²) in [5.74, 6) is -0.0465. The zero-order chi connectivity index (χ0) is 12.8. The molecule has 0 radical (unpaired) electrons. The topological polar surface area (TPSA) is 72.2 Å². The van der Waals surface area contributed by atoms with Crippen molar-refractivity contribution in [2.75, 3.05) is 18.6 Å². The third-order valence-corrected chi connectivity index (χ3v) is 2.90. The molecule has 5 nitrogen and oxygen atoms in total. The number of nitro benzene ring substituents is 1. The van der Waals surface area contributed by atoms with Crippen LogP contribution in [0.4, 0.5) is 10.1 Å². The summed E-state index contributed by atoms with van der Waals surface area (Å²) >= 11 is 0. The van der Waals surface area contributed by atoms with Gasteiger partial charge in [0.2, 0.25) is 0 Å². The molecule has 94 valence electrons. The van der Waals surface area contributed by atoms with E-state index >= 15 is 0 Å². The van der Waals surface area contributed by atoms with Gasteiger partial charge in [-0.05, 0) is 12.1 Å². The van der Waals surface area contributed by atoms with Crippen LogP contribution in [0, 0.1) is 15.9 Å². The normalized spacial score (nSPS) is 12.4. The van der Waals surface area contributed by atoms with Crippen molar-refractivity contribution in [2.45, 2.75) is 6.54 Å². The number of nitrogens with one attached hydrogen (secondary N) is 1. The molecule has 0 saturated carbocycles. The smallest absolute Gasteiger partial charge is 0.274 e. The van der Waals surface area contributed by atoms with Crippen molar-refractivity contribution in [3.05, 3.63) is 39.7 Å². The minimum atomic E-state index is -0.912. The first-order chi connectivity index (χ1) is 8.00. The van der Waals surface area contributed by atoms with E-state index in [1.807, 2.05) is 0 Å². The van der Waals surface area contributed by atoms with Gasteiger partial charge in [0.25, 0.3) is 5.69 Å². The second-order valence-corrected chi connectivity index (χ2v) is 5.04. The molecule has 0 fully saturated rings. The molecule has 1 rings (SSSR count). The van der Waals surface area contributed by atoms with E-state index in [9.17, 15) is 18.7 Å². The molecular weight excluding hydrogens is 247 g/mol. The predicted octanol–water partition coefficient (Wildman–Crippen LogP) is 1.20. The number of benzene rings is 1. The van der Waals surface area contributed by atoms with Gasteiger partial charge in [0.15, 0.2) is 0 Å². The van der Waals surface area contributed by atoms with Gasteiger partial charge < -0.3 is 5.32 Å². The number of hydrogen-bond acceptors (Lipinski definition) is 4. The fourth-order valence-corrected chi connectivity index (χ4v) is 1.74. The molecule has 0 saturated heterocycles. The van der Waals surface area contributed by atoms with Gasteiger partial charge in [0, 0.05) is 47.5 Å². The molecule has 1 N–H and O–H groups in total. The van der Waals surface area contributed by atoms with Crippen LogP contribution < -0.4 is 5.32 Å². The Balaban J connectivity index is 2.65. The molecule has 0 heterocycles. The van der Waals surface area contributed by atoms with Crippen LogP contribution >= 0.6 is 0 Å². The summed E-state index contributed by atoms with van der Waals surface area (Å²) in [6.45, 7) is 0.655. The molecular formula is C10H13FN2O3S. The van der Waals surface area contributed by atoms with Crippen LogP contribution in [0.2, 0.25) is 0 Å². The van der Waals surface area contributed by atoms with Crippen LogP contribution in [0.1, 0.15) is 5.56 Å². The van der Waals surface area contributed by atoms with Crippen molar-refractivity contribution in [3.8, 4) is 0 Å². The van der Waals surface area contributed by atoms with Gasteiger partial charge >= 0.3 is 0 Å². The lowest BCUT2D eigenvalue weighted by atomic mass is 10.2. The first-order valence-electron chi connectivity index (χ1n) is 4.94.